The molecule has 1 aliphatic heterocycles. The Morgan fingerprint density at radius 1 is 1.48 bits per heavy atom. The van der Waals surface area contributed by atoms with Gasteiger partial charge in [-0.15, -0.1) is 0 Å². The number of nitrogens with two attached hydrogens (primary N) is 1. The molecule has 0 saturated carbocycles. The van der Waals surface area contributed by atoms with E-state index >= 15 is 0 Å². The Balaban J connectivity index is 2.26. The third-order valence-corrected chi connectivity index (χ3v) is 3.78. The number of likely N-dealkylation sites (N-methyl/N-ethyl adjacent to an activating group) is 1. The number of hydrogen-bond acceptors (Lipinski definition) is 3. The van der Waals surface area contributed by atoms with Crippen LogP contribution < -0.4 is 5.73 Å². The molecule has 1 atom stereocenters. The quantitative estimate of drug-likeness (QED) is 0.782. The molecular formula is C16H20FN3O. The molecule has 0 aromatic heterocycles. The molecule has 0 radical (unpaired) electrons. The van der Waals surface area contributed by atoms with Crippen LogP contribution in [-0.4, -0.2) is 55.0 Å². The van der Waals surface area contributed by atoms with Gasteiger partial charge in [-0.25, -0.2) is 4.39 Å². The summed E-state index contributed by atoms with van der Waals surface area (Å²) in [5.74, 6) is 4.95. The second-order valence-corrected chi connectivity index (χ2v) is 5.28. The van der Waals surface area contributed by atoms with Crippen LogP contribution in [0.15, 0.2) is 18.2 Å². The van der Waals surface area contributed by atoms with Gasteiger partial charge in [-0.05, 0) is 32.2 Å². The number of halogens is 1. The fraction of sp³-hybridized carbons (Fsp3) is 0.438. The maximum Gasteiger partial charge on any atom is 0.255 e. The molecule has 0 spiro atoms. The van der Waals surface area contributed by atoms with Crippen LogP contribution in [0.1, 0.15) is 22.8 Å². The average molecular weight is 289 g/mol. The highest BCUT2D eigenvalue weighted by Gasteiger charge is 2.26. The molecule has 1 heterocycles. The van der Waals surface area contributed by atoms with Crippen LogP contribution in [0.25, 0.3) is 0 Å². The zero-order valence-electron chi connectivity index (χ0n) is 12.4. The molecule has 2 rings (SSSR count). The highest BCUT2D eigenvalue weighted by molar-refractivity contribution is 5.96. The minimum absolute atomic E-state index is 0.101. The Hall–Kier alpha value is -1.90. The van der Waals surface area contributed by atoms with Crippen molar-refractivity contribution < 1.29 is 9.18 Å². The fourth-order valence-corrected chi connectivity index (χ4v) is 2.36. The molecule has 21 heavy (non-hydrogen) atoms. The van der Waals surface area contributed by atoms with E-state index in [0.717, 1.165) is 6.54 Å². The van der Waals surface area contributed by atoms with Gasteiger partial charge >= 0.3 is 0 Å². The molecule has 5 heteroatoms. The molecule has 1 aliphatic rings. The van der Waals surface area contributed by atoms with Crippen molar-refractivity contribution in [3.05, 3.63) is 35.1 Å². The molecule has 1 aromatic carbocycles. The van der Waals surface area contributed by atoms with Crippen LogP contribution in [-0.2, 0) is 0 Å². The smallest absolute Gasteiger partial charge is 0.255 e. The molecule has 4 nitrogen and oxygen atoms in total. The minimum atomic E-state index is -0.403. The van der Waals surface area contributed by atoms with Gasteiger partial charge in [-0.2, -0.15) is 0 Å². The minimum Gasteiger partial charge on any atom is -0.336 e. The van der Waals surface area contributed by atoms with Gasteiger partial charge in [0.05, 0.1) is 12.1 Å². The van der Waals surface area contributed by atoms with E-state index in [-0.39, 0.29) is 12.5 Å². The van der Waals surface area contributed by atoms with E-state index in [1.54, 1.807) is 4.90 Å². The number of nitrogens with zero attached hydrogens (tertiary/aromatic N) is 2. The van der Waals surface area contributed by atoms with Gasteiger partial charge in [0.25, 0.3) is 5.91 Å². The van der Waals surface area contributed by atoms with Crippen molar-refractivity contribution in [1.82, 2.24) is 9.80 Å². The molecule has 2 N–H and O–H groups in total. The molecule has 1 fully saturated rings. The highest BCUT2D eigenvalue weighted by Crippen LogP contribution is 2.16. The van der Waals surface area contributed by atoms with Crippen molar-refractivity contribution in [2.45, 2.75) is 13.0 Å². The van der Waals surface area contributed by atoms with Gasteiger partial charge in [0.15, 0.2) is 0 Å². The summed E-state index contributed by atoms with van der Waals surface area (Å²) >= 11 is 0. The van der Waals surface area contributed by atoms with Crippen molar-refractivity contribution in [2.75, 3.05) is 33.2 Å². The molecule has 112 valence electrons. The van der Waals surface area contributed by atoms with E-state index in [1.165, 1.54) is 18.2 Å². The Bertz CT molecular complexity index is 591. The predicted molar refractivity (Wildman–Crippen MR) is 80.3 cm³/mol. The molecule has 1 aromatic rings. The van der Waals surface area contributed by atoms with Crippen LogP contribution in [0.4, 0.5) is 4.39 Å². The van der Waals surface area contributed by atoms with Gasteiger partial charge < -0.3 is 15.5 Å². The molecule has 0 aliphatic carbocycles. The summed E-state index contributed by atoms with van der Waals surface area (Å²) in [6.45, 7) is 4.42. The Morgan fingerprint density at radius 3 is 2.90 bits per heavy atom. The van der Waals surface area contributed by atoms with Gasteiger partial charge in [-0.3, -0.25) is 4.79 Å². The van der Waals surface area contributed by atoms with Crippen molar-refractivity contribution in [2.24, 2.45) is 5.73 Å². The lowest BCUT2D eigenvalue weighted by Gasteiger charge is -2.37. The average Bonchev–Trinajstić information content (AvgIpc) is 2.47. The molecule has 0 bridgehead atoms. The number of hydrogen-bond donors (Lipinski definition) is 1. The van der Waals surface area contributed by atoms with Crippen LogP contribution >= 0.6 is 0 Å². The highest BCUT2D eigenvalue weighted by atomic mass is 19.1. The first-order chi connectivity index (χ1) is 10.0. The van der Waals surface area contributed by atoms with Gasteiger partial charge in [-0.1, -0.05) is 11.8 Å². The topological polar surface area (TPSA) is 49.6 Å². The van der Waals surface area contributed by atoms with E-state index in [2.05, 4.69) is 23.7 Å². The second-order valence-electron chi connectivity index (χ2n) is 5.28. The van der Waals surface area contributed by atoms with Gasteiger partial charge in [0, 0.05) is 31.2 Å². The summed E-state index contributed by atoms with van der Waals surface area (Å²) in [4.78, 5) is 16.6. The van der Waals surface area contributed by atoms with E-state index in [0.29, 0.717) is 30.3 Å². The van der Waals surface area contributed by atoms with E-state index in [4.69, 9.17) is 5.73 Å². The van der Waals surface area contributed by atoms with Crippen LogP contribution in [0.2, 0.25) is 0 Å². The Labute approximate surface area is 124 Å². The number of piperazine rings is 1. The lowest BCUT2D eigenvalue weighted by atomic mass is 10.0. The molecule has 1 amide bonds. The number of rotatable bonds is 1. The number of amides is 1. The SMILES string of the molecule is CC1CN(C(=O)c2ccc(F)cc2C#CCN)CCN1C. The summed E-state index contributed by atoms with van der Waals surface area (Å²) in [5.41, 5.74) is 6.19. The van der Waals surface area contributed by atoms with Crippen molar-refractivity contribution >= 4 is 5.91 Å². The van der Waals surface area contributed by atoms with Crippen molar-refractivity contribution in [3.8, 4) is 11.8 Å². The van der Waals surface area contributed by atoms with Gasteiger partial charge in [0.2, 0.25) is 0 Å². The summed E-state index contributed by atoms with van der Waals surface area (Å²) < 4.78 is 13.4. The maximum absolute atomic E-state index is 13.4. The summed E-state index contributed by atoms with van der Waals surface area (Å²) in [7, 11) is 2.04. The Kier molecular flexibility index (Phi) is 4.94. The lowest BCUT2D eigenvalue weighted by Crippen LogP contribution is -2.52. The number of benzene rings is 1. The normalized spacial score (nSPS) is 19.0. The first-order valence-corrected chi connectivity index (χ1v) is 7.01. The zero-order valence-corrected chi connectivity index (χ0v) is 12.4. The van der Waals surface area contributed by atoms with E-state index < -0.39 is 5.82 Å². The second kappa shape index (κ2) is 6.70. The van der Waals surface area contributed by atoms with Crippen LogP contribution in [0, 0.1) is 17.7 Å². The summed E-state index contributed by atoms with van der Waals surface area (Å²) in [6.07, 6.45) is 0. The fourth-order valence-electron chi connectivity index (χ4n) is 2.36. The van der Waals surface area contributed by atoms with Crippen LogP contribution in [0.3, 0.4) is 0 Å². The van der Waals surface area contributed by atoms with Crippen LogP contribution in [0.5, 0.6) is 0 Å². The number of carbonyl (C=O) groups is 1. The zero-order chi connectivity index (χ0) is 15.4. The van der Waals surface area contributed by atoms with E-state index in [9.17, 15) is 9.18 Å². The first-order valence-electron chi connectivity index (χ1n) is 7.01. The van der Waals surface area contributed by atoms with E-state index in [1.807, 2.05) is 7.05 Å². The van der Waals surface area contributed by atoms with Crippen molar-refractivity contribution in [3.63, 3.8) is 0 Å². The number of carbonyl (C=O) groups excluding carboxylic acids is 1. The van der Waals surface area contributed by atoms with Gasteiger partial charge in [0.1, 0.15) is 5.82 Å². The molecule has 1 unspecified atom stereocenters. The largest absolute Gasteiger partial charge is 0.336 e. The lowest BCUT2D eigenvalue weighted by molar-refractivity contribution is 0.0572. The predicted octanol–water partition coefficient (Wildman–Crippen LogP) is 0.912. The molecule has 1 saturated heterocycles. The molecular weight excluding hydrogens is 269 g/mol. The third kappa shape index (κ3) is 3.60. The standard InChI is InChI=1S/C16H20FN3O/c1-12-11-20(9-8-19(12)2)16(21)15-6-5-14(17)10-13(15)4-3-7-18/h5-6,10,12H,7-9,11,18H2,1-2H3. The maximum atomic E-state index is 13.4. The summed E-state index contributed by atoms with van der Waals surface area (Å²) in [5, 5.41) is 0. The first kappa shape index (κ1) is 15.5. The third-order valence-electron chi connectivity index (χ3n) is 3.78. The monoisotopic (exact) mass is 289 g/mol. The Morgan fingerprint density at radius 2 is 2.24 bits per heavy atom. The summed E-state index contributed by atoms with van der Waals surface area (Å²) in [6, 6.07) is 4.39. The van der Waals surface area contributed by atoms with Crippen molar-refractivity contribution in [1.29, 1.82) is 0 Å².